The Morgan fingerprint density at radius 1 is 1.70 bits per heavy atom. The van der Waals surface area contributed by atoms with Gasteiger partial charge in [0.2, 0.25) is 6.29 Å². The highest BCUT2D eigenvalue weighted by Gasteiger charge is 2.05. The molecule has 4 heteroatoms. The van der Waals surface area contributed by atoms with E-state index in [2.05, 4.69) is 4.74 Å². The van der Waals surface area contributed by atoms with Crippen molar-refractivity contribution in [3.8, 4) is 0 Å². The highest BCUT2D eigenvalue weighted by atomic mass is 16.8. The lowest BCUT2D eigenvalue weighted by Gasteiger charge is -2.09. The van der Waals surface area contributed by atoms with Crippen LogP contribution in [0.5, 0.6) is 0 Å². The van der Waals surface area contributed by atoms with E-state index in [-0.39, 0.29) is 0 Å². The third kappa shape index (κ3) is 5.37. The maximum absolute atomic E-state index is 9.87. The topological polar surface area (TPSA) is 55.8 Å². The molecule has 0 saturated heterocycles. The molecule has 0 aliphatic heterocycles. The Morgan fingerprint density at radius 2 is 2.30 bits per heavy atom. The van der Waals surface area contributed by atoms with E-state index in [4.69, 9.17) is 9.84 Å². The molecule has 0 aromatic heterocycles. The van der Waals surface area contributed by atoms with Gasteiger partial charge in [-0.1, -0.05) is 6.92 Å². The molecular formula is C6H12O4. The van der Waals surface area contributed by atoms with Crippen LogP contribution in [0.2, 0.25) is 0 Å². The molecule has 0 aliphatic carbocycles. The zero-order chi connectivity index (χ0) is 7.98. The van der Waals surface area contributed by atoms with Crippen LogP contribution in [0.4, 0.5) is 4.79 Å². The number of carboxylic acid groups (broad SMARTS) is 1. The zero-order valence-electron chi connectivity index (χ0n) is 6.16. The standard InChI is InChI=1S/C6H12O4/c1-3-4-9-5(2)10-6(7)8/h5H,3-4H2,1-2H3,(H,7,8). The first-order chi connectivity index (χ1) is 4.66. The average molecular weight is 148 g/mol. The highest BCUT2D eigenvalue weighted by Crippen LogP contribution is 1.94. The van der Waals surface area contributed by atoms with E-state index >= 15 is 0 Å². The van der Waals surface area contributed by atoms with Gasteiger partial charge in [-0.15, -0.1) is 0 Å². The zero-order valence-corrected chi connectivity index (χ0v) is 6.16. The van der Waals surface area contributed by atoms with Crippen LogP contribution in [0.1, 0.15) is 20.3 Å². The van der Waals surface area contributed by atoms with Gasteiger partial charge in [-0.25, -0.2) is 4.79 Å². The van der Waals surface area contributed by atoms with E-state index in [1.165, 1.54) is 0 Å². The van der Waals surface area contributed by atoms with Crippen LogP contribution in [0.15, 0.2) is 0 Å². The Morgan fingerprint density at radius 3 is 2.70 bits per heavy atom. The van der Waals surface area contributed by atoms with E-state index in [0.29, 0.717) is 6.61 Å². The highest BCUT2D eigenvalue weighted by molar-refractivity contribution is 5.56. The molecule has 1 unspecified atom stereocenters. The van der Waals surface area contributed by atoms with Crippen molar-refractivity contribution in [3.63, 3.8) is 0 Å². The summed E-state index contributed by atoms with van der Waals surface area (Å²) in [6, 6.07) is 0. The van der Waals surface area contributed by atoms with E-state index in [1.807, 2.05) is 6.92 Å². The molecule has 4 nitrogen and oxygen atoms in total. The minimum Gasteiger partial charge on any atom is -0.450 e. The summed E-state index contributed by atoms with van der Waals surface area (Å²) in [6.07, 6.45) is -1.10. The van der Waals surface area contributed by atoms with Gasteiger partial charge in [0, 0.05) is 0 Å². The van der Waals surface area contributed by atoms with Crippen molar-refractivity contribution < 1.29 is 19.4 Å². The maximum atomic E-state index is 9.87. The van der Waals surface area contributed by atoms with Gasteiger partial charge in [0.15, 0.2) is 0 Å². The van der Waals surface area contributed by atoms with Crippen molar-refractivity contribution in [2.24, 2.45) is 0 Å². The van der Waals surface area contributed by atoms with Crippen LogP contribution in [0.3, 0.4) is 0 Å². The predicted molar refractivity (Wildman–Crippen MR) is 34.8 cm³/mol. The molecule has 0 bridgehead atoms. The summed E-state index contributed by atoms with van der Waals surface area (Å²) >= 11 is 0. The first-order valence-corrected chi connectivity index (χ1v) is 3.18. The van der Waals surface area contributed by atoms with E-state index in [0.717, 1.165) is 6.42 Å². The lowest BCUT2D eigenvalue weighted by Crippen LogP contribution is -2.16. The average Bonchev–Trinajstić information content (AvgIpc) is 1.82. The third-order valence-electron chi connectivity index (χ3n) is 0.823. The molecule has 0 saturated carbocycles. The molecule has 0 aromatic carbocycles. The molecule has 0 heterocycles. The van der Waals surface area contributed by atoms with Crippen LogP contribution in [0.25, 0.3) is 0 Å². The van der Waals surface area contributed by atoms with Gasteiger partial charge in [-0.3, -0.25) is 0 Å². The molecule has 1 N–H and O–H groups in total. The summed E-state index contributed by atoms with van der Waals surface area (Å²) in [5.41, 5.74) is 0. The van der Waals surface area contributed by atoms with Crippen molar-refractivity contribution in [1.82, 2.24) is 0 Å². The summed E-state index contributed by atoms with van der Waals surface area (Å²) in [5, 5.41) is 8.08. The van der Waals surface area contributed by atoms with E-state index < -0.39 is 12.4 Å². The molecule has 0 fully saturated rings. The number of hydrogen-bond donors (Lipinski definition) is 1. The maximum Gasteiger partial charge on any atom is 0.508 e. The van der Waals surface area contributed by atoms with Crippen LogP contribution < -0.4 is 0 Å². The predicted octanol–water partition coefficient (Wildman–Crippen LogP) is 1.45. The number of ether oxygens (including phenoxy) is 2. The SMILES string of the molecule is CCCOC(C)OC(=O)O. The first-order valence-electron chi connectivity index (χ1n) is 3.18. The fraction of sp³-hybridized carbons (Fsp3) is 0.833. The van der Waals surface area contributed by atoms with Gasteiger partial charge in [0.25, 0.3) is 0 Å². The summed E-state index contributed by atoms with van der Waals surface area (Å²) in [4.78, 5) is 9.87. The van der Waals surface area contributed by atoms with Gasteiger partial charge in [0.05, 0.1) is 6.61 Å². The van der Waals surface area contributed by atoms with Crippen molar-refractivity contribution in [3.05, 3.63) is 0 Å². The van der Waals surface area contributed by atoms with E-state index in [9.17, 15) is 4.79 Å². The van der Waals surface area contributed by atoms with Gasteiger partial charge in [-0.2, -0.15) is 0 Å². The Bertz CT molecular complexity index is 102. The monoisotopic (exact) mass is 148 g/mol. The summed E-state index contributed by atoms with van der Waals surface area (Å²) in [7, 11) is 0. The van der Waals surface area contributed by atoms with Gasteiger partial charge in [0.1, 0.15) is 0 Å². The Hall–Kier alpha value is -0.770. The largest absolute Gasteiger partial charge is 0.508 e. The molecule has 0 spiro atoms. The molecule has 10 heavy (non-hydrogen) atoms. The number of rotatable bonds is 4. The van der Waals surface area contributed by atoms with E-state index in [1.54, 1.807) is 6.92 Å². The minimum atomic E-state index is -1.30. The summed E-state index contributed by atoms with van der Waals surface area (Å²) < 4.78 is 9.15. The summed E-state index contributed by atoms with van der Waals surface area (Å²) in [5.74, 6) is 0. The second-order valence-electron chi connectivity index (χ2n) is 1.82. The normalized spacial score (nSPS) is 12.6. The molecule has 60 valence electrons. The minimum absolute atomic E-state index is 0.522. The lowest BCUT2D eigenvalue weighted by atomic mass is 10.5. The van der Waals surface area contributed by atoms with Crippen molar-refractivity contribution in [2.45, 2.75) is 26.6 Å². The summed E-state index contributed by atoms with van der Waals surface area (Å²) in [6.45, 7) is 4.01. The Balaban J connectivity index is 3.25. The van der Waals surface area contributed by atoms with Gasteiger partial charge >= 0.3 is 6.16 Å². The fourth-order valence-corrected chi connectivity index (χ4v) is 0.460. The molecule has 0 aliphatic rings. The van der Waals surface area contributed by atoms with Gasteiger partial charge < -0.3 is 14.6 Å². The van der Waals surface area contributed by atoms with Crippen molar-refractivity contribution in [1.29, 1.82) is 0 Å². The van der Waals surface area contributed by atoms with Crippen molar-refractivity contribution >= 4 is 6.16 Å². The first kappa shape index (κ1) is 9.23. The molecule has 0 aromatic rings. The van der Waals surface area contributed by atoms with Crippen LogP contribution >= 0.6 is 0 Å². The number of carbonyl (C=O) groups is 1. The Labute approximate surface area is 59.7 Å². The molecular weight excluding hydrogens is 136 g/mol. The quantitative estimate of drug-likeness (QED) is 0.484. The van der Waals surface area contributed by atoms with Crippen LogP contribution in [-0.4, -0.2) is 24.2 Å². The lowest BCUT2D eigenvalue weighted by molar-refractivity contribution is -0.104. The molecule has 0 amide bonds. The molecule has 0 radical (unpaired) electrons. The second kappa shape index (κ2) is 5.05. The van der Waals surface area contributed by atoms with Crippen molar-refractivity contribution in [2.75, 3.05) is 6.61 Å². The molecule has 1 atom stereocenters. The second-order valence-corrected chi connectivity index (χ2v) is 1.82. The van der Waals surface area contributed by atoms with Crippen LogP contribution in [-0.2, 0) is 9.47 Å². The Kier molecular flexibility index (Phi) is 4.66. The smallest absolute Gasteiger partial charge is 0.450 e. The third-order valence-corrected chi connectivity index (χ3v) is 0.823. The number of hydrogen-bond acceptors (Lipinski definition) is 3. The van der Waals surface area contributed by atoms with Crippen LogP contribution in [0, 0.1) is 0 Å². The van der Waals surface area contributed by atoms with Gasteiger partial charge in [-0.05, 0) is 13.3 Å². The fourth-order valence-electron chi connectivity index (χ4n) is 0.460. The molecule has 0 rings (SSSR count).